The van der Waals surface area contributed by atoms with Gasteiger partial charge in [-0.05, 0) is 25.0 Å². The van der Waals surface area contributed by atoms with Crippen LogP contribution in [-0.4, -0.2) is 51.8 Å². The van der Waals surface area contributed by atoms with E-state index in [1.807, 2.05) is 31.1 Å². The fourth-order valence-electron chi connectivity index (χ4n) is 2.94. The van der Waals surface area contributed by atoms with Crippen molar-refractivity contribution in [2.75, 3.05) is 25.0 Å². The zero-order chi connectivity index (χ0) is 16.4. The smallest absolute Gasteiger partial charge is 0.257 e. The molecule has 6 nitrogen and oxygen atoms in total. The molecule has 1 fully saturated rings. The molecule has 2 aromatic rings. The van der Waals surface area contributed by atoms with Gasteiger partial charge in [-0.1, -0.05) is 11.6 Å². The number of anilines is 1. The maximum atomic E-state index is 12.5. The fraction of sp³-hybridized carbons (Fsp3) is 0.438. The number of hydrogen-bond donors (Lipinski definition) is 0. The highest BCUT2D eigenvalue weighted by molar-refractivity contribution is 6.30. The second-order valence-electron chi connectivity index (χ2n) is 5.87. The number of carbonyl (C=O) groups is 1. The number of amides is 1. The van der Waals surface area contributed by atoms with Gasteiger partial charge in [0, 0.05) is 45.6 Å². The van der Waals surface area contributed by atoms with Crippen LogP contribution in [-0.2, 0) is 7.05 Å². The normalized spacial score (nSPS) is 15.7. The minimum atomic E-state index is 0.0289. The van der Waals surface area contributed by atoms with Crippen LogP contribution in [0.4, 0.5) is 5.82 Å². The Kier molecular flexibility index (Phi) is 4.52. The highest BCUT2D eigenvalue weighted by Crippen LogP contribution is 2.22. The number of aromatic nitrogens is 3. The third-order valence-corrected chi connectivity index (χ3v) is 4.54. The number of aryl methyl sites for hydroxylation is 1. The average Bonchev–Trinajstić information content (AvgIpc) is 3.01. The first kappa shape index (κ1) is 15.8. The van der Waals surface area contributed by atoms with Gasteiger partial charge in [0.1, 0.15) is 5.82 Å². The van der Waals surface area contributed by atoms with Gasteiger partial charge >= 0.3 is 0 Å². The van der Waals surface area contributed by atoms with Crippen LogP contribution in [0.25, 0.3) is 0 Å². The molecule has 1 amide bonds. The predicted octanol–water partition coefficient (Wildman–Crippen LogP) is 2.21. The van der Waals surface area contributed by atoms with Crippen molar-refractivity contribution in [3.63, 3.8) is 0 Å². The Hall–Kier alpha value is -2.08. The number of hydrogen-bond acceptors (Lipinski definition) is 4. The molecule has 2 aromatic heterocycles. The Bertz CT molecular complexity index is 676. The van der Waals surface area contributed by atoms with Crippen LogP contribution >= 0.6 is 11.6 Å². The van der Waals surface area contributed by atoms with Crippen molar-refractivity contribution in [2.24, 2.45) is 7.05 Å². The lowest BCUT2D eigenvalue weighted by atomic mass is 10.0. The fourth-order valence-corrected chi connectivity index (χ4v) is 3.05. The van der Waals surface area contributed by atoms with Crippen molar-refractivity contribution >= 4 is 23.3 Å². The Morgan fingerprint density at radius 2 is 2.04 bits per heavy atom. The monoisotopic (exact) mass is 333 g/mol. The summed E-state index contributed by atoms with van der Waals surface area (Å²) in [6.45, 7) is 1.76. The van der Waals surface area contributed by atoms with Crippen LogP contribution in [0.3, 0.4) is 0 Å². The molecule has 23 heavy (non-hydrogen) atoms. The van der Waals surface area contributed by atoms with Crippen molar-refractivity contribution in [1.82, 2.24) is 19.7 Å². The zero-order valence-electron chi connectivity index (χ0n) is 13.3. The molecule has 122 valence electrons. The van der Waals surface area contributed by atoms with Gasteiger partial charge in [0.15, 0.2) is 0 Å². The van der Waals surface area contributed by atoms with Crippen LogP contribution in [0, 0.1) is 0 Å². The van der Waals surface area contributed by atoms with Gasteiger partial charge < -0.3 is 9.80 Å². The summed E-state index contributed by atoms with van der Waals surface area (Å²) < 4.78 is 1.65. The molecule has 3 heterocycles. The number of halogens is 1. The quantitative estimate of drug-likeness (QED) is 0.864. The molecule has 0 unspecified atom stereocenters. The molecule has 3 rings (SSSR count). The summed E-state index contributed by atoms with van der Waals surface area (Å²) in [7, 11) is 3.69. The maximum absolute atomic E-state index is 12.5. The topological polar surface area (TPSA) is 54.3 Å². The molecule has 0 radical (unpaired) electrons. The summed E-state index contributed by atoms with van der Waals surface area (Å²) in [4.78, 5) is 20.9. The summed E-state index contributed by atoms with van der Waals surface area (Å²) in [6, 6.07) is 4.03. The van der Waals surface area contributed by atoms with Gasteiger partial charge in [-0.3, -0.25) is 9.48 Å². The van der Waals surface area contributed by atoms with E-state index in [1.54, 1.807) is 23.3 Å². The lowest BCUT2D eigenvalue weighted by Crippen LogP contribution is -2.45. The van der Waals surface area contributed by atoms with Gasteiger partial charge in [0.2, 0.25) is 0 Å². The Labute approximate surface area is 140 Å². The molecule has 1 aliphatic heterocycles. The second kappa shape index (κ2) is 6.58. The molecule has 7 heteroatoms. The Morgan fingerprint density at radius 3 is 2.61 bits per heavy atom. The summed E-state index contributed by atoms with van der Waals surface area (Å²) in [6.07, 6.45) is 6.89. The SMILES string of the molecule is CN(C(=O)c1cnn(C)c1)C1CCN(c2ccc(Cl)cn2)CC1. The number of carbonyl (C=O) groups excluding carboxylic acids is 1. The average molecular weight is 334 g/mol. The number of piperidine rings is 1. The maximum Gasteiger partial charge on any atom is 0.257 e. The van der Waals surface area contributed by atoms with Gasteiger partial charge in [-0.25, -0.2) is 4.98 Å². The standard InChI is InChI=1S/C16H20ClN5O/c1-20-11-12(9-19-20)16(23)21(2)14-5-7-22(8-6-14)15-4-3-13(17)10-18-15/h3-4,9-11,14H,5-8H2,1-2H3. The highest BCUT2D eigenvalue weighted by atomic mass is 35.5. The van der Waals surface area contributed by atoms with Crippen LogP contribution in [0.2, 0.25) is 5.02 Å². The zero-order valence-corrected chi connectivity index (χ0v) is 14.1. The molecule has 0 aromatic carbocycles. The van der Waals surface area contributed by atoms with Crippen molar-refractivity contribution in [1.29, 1.82) is 0 Å². The summed E-state index contributed by atoms with van der Waals surface area (Å²) in [5.74, 6) is 0.968. The molecule has 0 atom stereocenters. The molecule has 0 spiro atoms. The first-order valence-corrected chi connectivity index (χ1v) is 8.04. The van der Waals surface area contributed by atoms with Gasteiger partial charge in [0.25, 0.3) is 5.91 Å². The Morgan fingerprint density at radius 1 is 1.30 bits per heavy atom. The molecule has 1 aliphatic rings. The van der Waals surface area contributed by atoms with E-state index in [1.165, 1.54) is 0 Å². The molecule has 0 bridgehead atoms. The highest BCUT2D eigenvalue weighted by Gasteiger charge is 2.27. The molecular formula is C16H20ClN5O. The summed E-state index contributed by atoms with van der Waals surface area (Å²) in [5, 5.41) is 4.71. The van der Waals surface area contributed by atoms with Gasteiger partial charge in [-0.15, -0.1) is 0 Å². The lowest BCUT2D eigenvalue weighted by Gasteiger charge is -2.37. The van der Waals surface area contributed by atoms with Crippen molar-refractivity contribution in [3.05, 3.63) is 41.3 Å². The molecular weight excluding hydrogens is 314 g/mol. The van der Waals surface area contributed by atoms with Crippen molar-refractivity contribution in [3.8, 4) is 0 Å². The van der Waals surface area contributed by atoms with Gasteiger partial charge in [0.05, 0.1) is 16.8 Å². The predicted molar refractivity (Wildman–Crippen MR) is 89.8 cm³/mol. The van der Waals surface area contributed by atoms with E-state index in [0.29, 0.717) is 10.6 Å². The third-order valence-electron chi connectivity index (χ3n) is 4.32. The van der Waals surface area contributed by atoms with E-state index in [4.69, 9.17) is 11.6 Å². The third kappa shape index (κ3) is 3.47. The van der Waals surface area contributed by atoms with E-state index in [-0.39, 0.29) is 11.9 Å². The minimum absolute atomic E-state index is 0.0289. The van der Waals surface area contributed by atoms with Crippen LogP contribution < -0.4 is 4.90 Å². The lowest BCUT2D eigenvalue weighted by molar-refractivity contribution is 0.0709. The first-order chi connectivity index (χ1) is 11.0. The van der Waals surface area contributed by atoms with E-state index in [0.717, 1.165) is 31.7 Å². The number of nitrogens with zero attached hydrogens (tertiary/aromatic N) is 5. The molecule has 1 saturated heterocycles. The summed E-state index contributed by atoms with van der Waals surface area (Å²) >= 11 is 5.88. The largest absolute Gasteiger partial charge is 0.356 e. The van der Waals surface area contributed by atoms with E-state index >= 15 is 0 Å². The second-order valence-corrected chi connectivity index (χ2v) is 6.31. The van der Waals surface area contributed by atoms with Gasteiger partial charge in [-0.2, -0.15) is 5.10 Å². The Balaban J connectivity index is 1.60. The van der Waals surface area contributed by atoms with Crippen molar-refractivity contribution < 1.29 is 4.79 Å². The van der Waals surface area contributed by atoms with Crippen molar-refractivity contribution in [2.45, 2.75) is 18.9 Å². The van der Waals surface area contributed by atoms with Crippen LogP contribution in [0.15, 0.2) is 30.7 Å². The molecule has 0 aliphatic carbocycles. The first-order valence-electron chi connectivity index (χ1n) is 7.67. The minimum Gasteiger partial charge on any atom is -0.356 e. The van der Waals surface area contributed by atoms with Crippen LogP contribution in [0.1, 0.15) is 23.2 Å². The molecule has 0 N–H and O–H groups in total. The molecule has 0 saturated carbocycles. The number of pyridine rings is 1. The van der Waals surface area contributed by atoms with Crippen LogP contribution in [0.5, 0.6) is 0 Å². The van der Waals surface area contributed by atoms with E-state index < -0.39 is 0 Å². The number of rotatable bonds is 3. The summed E-state index contributed by atoms with van der Waals surface area (Å²) in [5.41, 5.74) is 0.636. The van der Waals surface area contributed by atoms with E-state index in [2.05, 4.69) is 15.0 Å². The van der Waals surface area contributed by atoms with E-state index in [9.17, 15) is 4.79 Å².